The Balaban J connectivity index is 2.68. The molecule has 0 fully saturated rings. The minimum absolute atomic E-state index is 0.101. The highest BCUT2D eigenvalue weighted by Gasteiger charge is 2.24. The molecule has 2 rings (SSSR count). The lowest BCUT2D eigenvalue weighted by molar-refractivity contribution is 0.711. The summed E-state index contributed by atoms with van der Waals surface area (Å²) < 4.78 is 0.875. The largest absolute Gasteiger partial charge is 0.397 e. The summed E-state index contributed by atoms with van der Waals surface area (Å²) in [5.41, 5.74) is 14.7. The zero-order valence-electron chi connectivity index (χ0n) is 6.98. The van der Waals surface area contributed by atoms with E-state index in [9.17, 15) is 0 Å². The van der Waals surface area contributed by atoms with Gasteiger partial charge in [-0.25, -0.2) is 0 Å². The van der Waals surface area contributed by atoms with Crippen LogP contribution >= 0.6 is 27.5 Å². The first-order valence-corrected chi connectivity index (χ1v) is 5.30. The van der Waals surface area contributed by atoms with E-state index in [1.165, 1.54) is 5.56 Å². The van der Waals surface area contributed by atoms with Gasteiger partial charge in [-0.1, -0.05) is 11.6 Å². The number of halogens is 2. The second-order valence-corrected chi connectivity index (χ2v) is 4.50. The van der Waals surface area contributed by atoms with Crippen LogP contribution in [0.5, 0.6) is 0 Å². The molecule has 0 amide bonds. The van der Waals surface area contributed by atoms with Gasteiger partial charge in [0.2, 0.25) is 0 Å². The highest BCUT2D eigenvalue weighted by Crippen LogP contribution is 2.41. The maximum atomic E-state index is 5.95. The maximum absolute atomic E-state index is 5.95. The van der Waals surface area contributed by atoms with E-state index in [0.717, 1.165) is 22.9 Å². The van der Waals surface area contributed by atoms with Crippen LogP contribution in [0.4, 0.5) is 5.69 Å². The number of fused-ring (bicyclic) bond motifs is 1. The molecule has 0 aliphatic heterocycles. The van der Waals surface area contributed by atoms with E-state index in [-0.39, 0.29) is 6.04 Å². The molecule has 0 saturated carbocycles. The predicted molar refractivity (Wildman–Crippen MR) is 58.8 cm³/mol. The minimum Gasteiger partial charge on any atom is -0.397 e. The Morgan fingerprint density at radius 2 is 2.23 bits per heavy atom. The second-order valence-electron chi connectivity index (χ2n) is 3.30. The normalized spacial score (nSPS) is 20.4. The average molecular weight is 262 g/mol. The van der Waals surface area contributed by atoms with Crippen LogP contribution in [0, 0.1) is 0 Å². The van der Waals surface area contributed by atoms with Gasteiger partial charge in [0.25, 0.3) is 0 Å². The lowest BCUT2D eigenvalue weighted by Crippen LogP contribution is -2.07. The molecule has 4 N–H and O–H groups in total. The van der Waals surface area contributed by atoms with Gasteiger partial charge in [-0.15, -0.1) is 0 Å². The van der Waals surface area contributed by atoms with E-state index < -0.39 is 0 Å². The van der Waals surface area contributed by atoms with E-state index in [1.54, 1.807) is 0 Å². The molecule has 0 spiro atoms. The molecule has 1 aromatic rings. The number of hydrogen-bond acceptors (Lipinski definition) is 2. The smallest absolute Gasteiger partial charge is 0.0651 e. The van der Waals surface area contributed by atoms with Gasteiger partial charge in [-0.05, 0) is 46.0 Å². The fourth-order valence-electron chi connectivity index (χ4n) is 1.76. The number of hydrogen-bond donors (Lipinski definition) is 2. The number of rotatable bonds is 0. The van der Waals surface area contributed by atoms with Gasteiger partial charge in [0.1, 0.15) is 0 Å². The SMILES string of the molecule is Nc1c(Cl)cc2c(c1Br)C(N)CC2. The summed E-state index contributed by atoms with van der Waals surface area (Å²) in [6.07, 6.45) is 1.98. The van der Waals surface area contributed by atoms with Crippen molar-refractivity contribution in [2.24, 2.45) is 5.73 Å². The summed E-state index contributed by atoms with van der Waals surface area (Å²) >= 11 is 9.38. The van der Waals surface area contributed by atoms with Gasteiger partial charge < -0.3 is 11.5 Å². The van der Waals surface area contributed by atoms with Gasteiger partial charge in [-0.3, -0.25) is 0 Å². The van der Waals surface area contributed by atoms with Gasteiger partial charge in [0, 0.05) is 10.5 Å². The van der Waals surface area contributed by atoms with Crippen LogP contribution in [0.3, 0.4) is 0 Å². The lowest BCUT2D eigenvalue weighted by atomic mass is 10.1. The summed E-state index contributed by atoms with van der Waals surface area (Å²) in [5, 5.41) is 0.611. The number of aryl methyl sites for hydroxylation is 1. The van der Waals surface area contributed by atoms with E-state index in [2.05, 4.69) is 15.9 Å². The molecule has 70 valence electrons. The molecule has 0 heterocycles. The number of anilines is 1. The van der Waals surface area contributed by atoms with Crippen molar-refractivity contribution in [1.82, 2.24) is 0 Å². The van der Waals surface area contributed by atoms with Crippen molar-refractivity contribution in [2.45, 2.75) is 18.9 Å². The third kappa shape index (κ3) is 1.35. The number of nitrogens with two attached hydrogens (primary N) is 2. The Bertz CT molecular complexity index is 365. The Morgan fingerprint density at radius 3 is 2.92 bits per heavy atom. The summed E-state index contributed by atoms with van der Waals surface area (Å²) in [4.78, 5) is 0. The highest BCUT2D eigenvalue weighted by atomic mass is 79.9. The third-order valence-corrected chi connectivity index (χ3v) is 3.64. The highest BCUT2D eigenvalue weighted by molar-refractivity contribution is 9.10. The van der Waals surface area contributed by atoms with Gasteiger partial charge in [-0.2, -0.15) is 0 Å². The molecule has 1 aliphatic rings. The number of benzene rings is 1. The van der Waals surface area contributed by atoms with Crippen LogP contribution in [-0.2, 0) is 6.42 Å². The zero-order chi connectivity index (χ0) is 9.59. The van der Waals surface area contributed by atoms with Crippen molar-refractivity contribution < 1.29 is 0 Å². The first-order chi connectivity index (χ1) is 6.11. The standard InChI is InChI=1S/C9H10BrClN2/c10-8-7-4(1-2-6(7)12)3-5(11)9(8)13/h3,6H,1-2,12-13H2. The molecule has 0 aromatic heterocycles. The van der Waals surface area contributed by atoms with Gasteiger partial charge >= 0.3 is 0 Å². The molecule has 1 atom stereocenters. The van der Waals surface area contributed by atoms with Crippen molar-refractivity contribution in [1.29, 1.82) is 0 Å². The third-order valence-electron chi connectivity index (χ3n) is 2.47. The molecule has 13 heavy (non-hydrogen) atoms. The second kappa shape index (κ2) is 3.15. The first-order valence-electron chi connectivity index (χ1n) is 4.13. The Kier molecular flexibility index (Phi) is 2.26. The lowest BCUT2D eigenvalue weighted by Gasteiger charge is -2.11. The predicted octanol–water partition coefficient (Wildman–Crippen LogP) is 2.63. The zero-order valence-corrected chi connectivity index (χ0v) is 9.32. The molecular weight excluding hydrogens is 251 g/mol. The Labute approximate surface area is 90.4 Å². The summed E-state index contributed by atoms with van der Waals surface area (Å²) in [6.45, 7) is 0. The van der Waals surface area contributed by atoms with E-state index in [1.807, 2.05) is 6.07 Å². The molecule has 1 unspecified atom stereocenters. The van der Waals surface area contributed by atoms with Gasteiger partial charge in [0.15, 0.2) is 0 Å². The molecule has 0 saturated heterocycles. The molecule has 1 aliphatic carbocycles. The number of nitrogen functional groups attached to an aromatic ring is 1. The average Bonchev–Trinajstić information content (AvgIpc) is 2.43. The summed E-state index contributed by atoms with van der Waals surface area (Å²) in [5.74, 6) is 0. The van der Waals surface area contributed by atoms with Crippen molar-refractivity contribution in [2.75, 3.05) is 5.73 Å². The van der Waals surface area contributed by atoms with Crippen LogP contribution in [0.2, 0.25) is 5.02 Å². The van der Waals surface area contributed by atoms with Crippen LogP contribution in [-0.4, -0.2) is 0 Å². The molecule has 0 bridgehead atoms. The van der Waals surface area contributed by atoms with Crippen molar-refractivity contribution in [3.63, 3.8) is 0 Å². The quantitative estimate of drug-likeness (QED) is 0.706. The first kappa shape index (κ1) is 9.31. The molecule has 0 radical (unpaired) electrons. The minimum atomic E-state index is 0.101. The van der Waals surface area contributed by atoms with Gasteiger partial charge in [0.05, 0.1) is 10.7 Å². The molecule has 2 nitrogen and oxygen atoms in total. The summed E-state index contributed by atoms with van der Waals surface area (Å²) in [6, 6.07) is 2.02. The van der Waals surface area contributed by atoms with Crippen molar-refractivity contribution in [3.8, 4) is 0 Å². The Morgan fingerprint density at radius 1 is 1.54 bits per heavy atom. The molecule has 1 aromatic carbocycles. The maximum Gasteiger partial charge on any atom is 0.0651 e. The fraction of sp³-hybridized carbons (Fsp3) is 0.333. The van der Waals surface area contributed by atoms with E-state index in [0.29, 0.717) is 10.7 Å². The summed E-state index contributed by atoms with van der Waals surface area (Å²) in [7, 11) is 0. The van der Waals surface area contributed by atoms with Crippen LogP contribution in [0.1, 0.15) is 23.6 Å². The molecular formula is C9H10BrClN2. The Hall–Kier alpha value is -0.250. The van der Waals surface area contributed by atoms with Crippen LogP contribution in [0.25, 0.3) is 0 Å². The van der Waals surface area contributed by atoms with Crippen LogP contribution in [0.15, 0.2) is 10.5 Å². The fourth-order valence-corrected chi connectivity index (χ4v) is 2.87. The van der Waals surface area contributed by atoms with Crippen molar-refractivity contribution in [3.05, 3.63) is 26.7 Å². The topological polar surface area (TPSA) is 52.0 Å². The van der Waals surface area contributed by atoms with E-state index >= 15 is 0 Å². The van der Waals surface area contributed by atoms with Crippen molar-refractivity contribution >= 4 is 33.2 Å². The molecule has 4 heteroatoms. The van der Waals surface area contributed by atoms with E-state index in [4.69, 9.17) is 23.1 Å². The monoisotopic (exact) mass is 260 g/mol. The van der Waals surface area contributed by atoms with Crippen LogP contribution < -0.4 is 11.5 Å².